The molecule has 2 fully saturated rings. The Morgan fingerprint density at radius 2 is 2.17 bits per heavy atom. The van der Waals surface area contributed by atoms with Crippen LogP contribution in [-0.4, -0.2) is 48.7 Å². The number of amides is 1. The minimum atomic E-state index is 0. The van der Waals surface area contributed by atoms with Crippen LogP contribution in [0, 0.1) is 0 Å². The monoisotopic (exact) mass is 276 g/mol. The van der Waals surface area contributed by atoms with Crippen LogP contribution < -0.4 is 5.32 Å². The molecule has 3 atom stereocenters. The summed E-state index contributed by atoms with van der Waals surface area (Å²) >= 11 is 0. The molecule has 2 rings (SSSR count). The zero-order chi connectivity index (χ0) is 12.3. The van der Waals surface area contributed by atoms with Gasteiger partial charge in [-0.15, -0.1) is 12.4 Å². The van der Waals surface area contributed by atoms with Crippen molar-refractivity contribution in [2.45, 2.75) is 57.8 Å². The second kappa shape index (κ2) is 7.31. The normalized spacial score (nSPS) is 32.1. The Hall–Kier alpha value is -0.320. The molecule has 2 saturated heterocycles. The summed E-state index contributed by atoms with van der Waals surface area (Å²) in [7, 11) is 0. The smallest absolute Gasteiger partial charge is 0.222 e. The molecule has 5 heteroatoms. The average Bonchev–Trinajstić information content (AvgIpc) is 2.72. The Bertz CT molecular complexity index is 276. The molecule has 106 valence electrons. The third kappa shape index (κ3) is 4.41. The lowest BCUT2D eigenvalue weighted by Gasteiger charge is -2.32. The first-order valence-corrected chi connectivity index (χ1v) is 6.82. The van der Waals surface area contributed by atoms with Crippen molar-refractivity contribution in [1.29, 1.82) is 0 Å². The van der Waals surface area contributed by atoms with E-state index >= 15 is 0 Å². The van der Waals surface area contributed by atoms with E-state index in [1.165, 1.54) is 0 Å². The van der Waals surface area contributed by atoms with E-state index in [0.29, 0.717) is 30.6 Å². The van der Waals surface area contributed by atoms with Crippen molar-refractivity contribution in [1.82, 2.24) is 10.2 Å². The van der Waals surface area contributed by atoms with Gasteiger partial charge in [0.15, 0.2) is 0 Å². The largest absolute Gasteiger partial charge is 0.375 e. The van der Waals surface area contributed by atoms with Crippen molar-refractivity contribution >= 4 is 18.3 Å². The van der Waals surface area contributed by atoms with Gasteiger partial charge in [-0.05, 0) is 33.1 Å². The third-order valence-corrected chi connectivity index (χ3v) is 3.72. The first kappa shape index (κ1) is 15.7. The van der Waals surface area contributed by atoms with Gasteiger partial charge in [0.25, 0.3) is 0 Å². The fourth-order valence-corrected chi connectivity index (χ4v) is 2.70. The second-order valence-electron chi connectivity index (χ2n) is 5.38. The number of hydrogen-bond donors (Lipinski definition) is 1. The van der Waals surface area contributed by atoms with Gasteiger partial charge in [0.1, 0.15) is 0 Å². The fraction of sp³-hybridized carbons (Fsp3) is 0.923. The zero-order valence-corrected chi connectivity index (χ0v) is 12.2. The van der Waals surface area contributed by atoms with Gasteiger partial charge in [-0.3, -0.25) is 4.79 Å². The minimum absolute atomic E-state index is 0. The van der Waals surface area contributed by atoms with Crippen LogP contribution in [0.3, 0.4) is 0 Å². The lowest BCUT2D eigenvalue weighted by atomic mass is 10.1. The fourth-order valence-electron chi connectivity index (χ4n) is 2.70. The maximum atomic E-state index is 12.0. The van der Waals surface area contributed by atoms with Crippen LogP contribution >= 0.6 is 12.4 Å². The van der Waals surface area contributed by atoms with Crippen LogP contribution in [0.4, 0.5) is 0 Å². The van der Waals surface area contributed by atoms with E-state index in [4.69, 9.17) is 4.74 Å². The van der Waals surface area contributed by atoms with E-state index in [1.807, 2.05) is 4.90 Å². The van der Waals surface area contributed by atoms with Crippen molar-refractivity contribution < 1.29 is 9.53 Å². The minimum Gasteiger partial charge on any atom is -0.375 e. The Morgan fingerprint density at radius 1 is 1.39 bits per heavy atom. The lowest BCUT2D eigenvalue weighted by molar-refractivity contribution is -0.133. The number of halogens is 1. The molecule has 0 bridgehead atoms. The van der Waals surface area contributed by atoms with E-state index in [1.54, 1.807) is 0 Å². The van der Waals surface area contributed by atoms with Gasteiger partial charge in [0.05, 0.1) is 12.2 Å². The molecule has 2 aliphatic heterocycles. The summed E-state index contributed by atoms with van der Waals surface area (Å²) in [5.41, 5.74) is 0. The highest BCUT2D eigenvalue weighted by molar-refractivity contribution is 5.85. The van der Waals surface area contributed by atoms with Gasteiger partial charge >= 0.3 is 0 Å². The molecule has 3 unspecified atom stereocenters. The summed E-state index contributed by atoms with van der Waals surface area (Å²) in [5.74, 6) is 0.293. The Balaban J connectivity index is 0.00000162. The third-order valence-electron chi connectivity index (χ3n) is 3.72. The lowest BCUT2D eigenvalue weighted by Crippen LogP contribution is -2.51. The van der Waals surface area contributed by atoms with Crippen LogP contribution in [0.1, 0.15) is 39.5 Å². The number of carbonyl (C=O) groups is 1. The molecule has 4 nitrogen and oxygen atoms in total. The van der Waals surface area contributed by atoms with Crippen molar-refractivity contribution in [3.05, 3.63) is 0 Å². The van der Waals surface area contributed by atoms with E-state index < -0.39 is 0 Å². The van der Waals surface area contributed by atoms with Crippen molar-refractivity contribution in [2.24, 2.45) is 0 Å². The van der Waals surface area contributed by atoms with Crippen LogP contribution in [0.5, 0.6) is 0 Å². The highest BCUT2D eigenvalue weighted by atomic mass is 35.5. The number of nitrogens with one attached hydrogen (secondary N) is 1. The molecule has 0 spiro atoms. The van der Waals surface area contributed by atoms with E-state index in [9.17, 15) is 4.79 Å². The number of carbonyl (C=O) groups excluding carboxylic acids is 1. The maximum Gasteiger partial charge on any atom is 0.222 e. The summed E-state index contributed by atoms with van der Waals surface area (Å²) in [6.45, 7) is 6.86. The van der Waals surface area contributed by atoms with Gasteiger partial charge in [-0.2, -0.15) is 0 Å². The van der Waals surface area contributed by atoms with E-state index in [2.05, 4.69) is 19.2 Å². The first-order valence-electron chi connectivity index (χ1n) is 6.82. The summed E-state index contributed by atoms with van der Waals surface area (Å²) in [5, 5.41) is 3.35. The molecule has 0 saturated carbocycles. The van der Waals surface area contributed by atoms with Gasteiger partial charge in [-0.1, -0.05) is 0 Å². The maximum absolute atomic E-state index is 12.0. The molecule has 0 aromatic carbocycles. The summed E-state index contributed by atoms with van der Waals surface area (Å²) in [6.07, 6.45) is 4.49. The standard InChI is InChI=1S/C13H24N2O2.ClH/c1-10-9-15(8-7-14-10)13(16)6-5-12-4-3-11(2)17-12;/h10-12,14H,3-9H2,1-2H3;1H. The van der Waals surface area contributed by atoms with Gasteiger partial charge in [-0.25, -0.2) is 0 Å². The molecule has 1 amide bonds. The number of nitrogens with zero attached hydrogens (tertiary/aromatic N) is 1. The molecule has 18 heavy (non-hydrogen) atoms. The van der Waals surface area contributed by atoms with Gasteiger partial charge in [0, 0.05) is 32.1 Å². The van der Waals surface area contributed by atoms with Crippen molar-refractivity contribution in [3.63, 3.8) is 0 Å². The molecule has 0 aromatic heterocycles. The molecular weight excluding hydrogens is 252 g/mol. The molecule has 0 aliphatic carbocycles. The van der Waals surface area contributed by atoms with Crippen LogP contribution in [-0.2, 0) is 9.53 Å². The molecule has 2 heterocycles. The molecule has 0 radical (unpaired) electrons. The summed E-state index contributed by atoms with van der Waals surface area (Å²) in [6, 6.07) is 0.426. The van der Waals surface area contributed by atoms with Gasteiger partial charge < -0.3 is 15.0 Å². The number of rotatable bonds is 3. The SMILES string of the molecule is CC1CN(C(=O)CCC2CCC(C)O2)CCN1.Cl. The number of hydrogen-bond acceptors (Lipinski definition) is 3. The quantitative estimate of drug-likeness (QED) is 0.851. The van der Waals surface area contributed by atoms with Crippen LogP contribution in [0.25, 0.3) is 0 Å². The number of ether oxygens (including phenoxy) is 1. The molecular formula is C13H25ClN2O2. The topological polar surface area (TPSA) is 41.6 Å². The van der Waals surface area contributed by atoms with Gasteiger partial charge in [0.2, 0.25) is 5.91 Å². The average molecular weight is 277 g/mol. The van der Waals surface area contributed by atoms with E-state index in [-0.39, 0.29) is 12.4 Å². The van der Waals surface area contributed by atoms with Crippen LogP contribution in [0.15, 0.2) is 0 Å². The van der Waals surface area contributed by atoms with E-state index in [0.717, 1.165) is 38.9 Å². The predicted molar refractivity (Wildman–Crippen MR) is 74.1 cm³/mol. The highest BCUT2D eigenvalue weighted by Gasteiger charge is 2.25. The van der Waals surface area contributed by atoms with Crippen molar-refractivity contribution in [3.8, 4) is 0 Å². The predicted octanol–water partition coefficient (Wildman–Crippen LogP) is 1.58. The summed E-state index contributed by atoms with van der Waals surface area (Å²) in [4.78, 5) is 14.0. The zero-order valence-electron chi connectivity index (χ0n) is 11.4. The van der Waals surface area contributed by atoms with Crippen LogP contribution in [0.2, 0.25) is 0 Å². The summed E-state index contributed by atoms with van der Waals surface area (Å²) < 4.78 is 5.74. The highest BCUT2D eigenvalue weighted by Crippen LogP contribution is 2.22. The Labute approximate surface area is 116 Å². The molecule has 2 aliphatic rings. The number of piperazine rings is 1. The van der Waals surface area contributed by atoms with Crippen molar-refractivity contribution in [2.75, 3.05) is 19.6 Å². The molecule has 0 aromatic rings. The Morgan fingerprint density at radius 3 is 2.78 bits per heavy atom. The molecule has 1 N–H and O–H groups in total. The first-order chi connectivity index (χ1) is 8.15. The Kier molecular flexibility index (Phi) is 6.39. The second-order valence-corrected chi connectivity index (χ2v) is 5.38.